The number of aryl methyl sites for hydroxylation is 2. The first-order chi connectivity index (χ1) is 18.4. The molecule has 5 rings (SSSR count). The summed E-state index contributed by atoms with van der Waals surface area (Å²) in [4.78, 5) is 0. The molecule has 0 aliphatic heterocycles. The van der Waals surface area contributed by atoms with Gasteiger partial charge in [0, 0.05) is 10.8 Å². The first-order valence-electron chi connectivity index (χ1n) is 13.7. The zero-order valence-electron chi connectivity index (χ0n) is 23.1. The Morgan fingerprint density at radius 3 is 0.921 bits per heavy atom. The predicted molar refractivity (Wildman–Crippen MR) is 162 cm³/mol. The van der Waals surface area contributed by atoms with Crippen molar-refractivity contribution in [3.8, 4) is 0 Å². The van der Waals surface area contributed by atoms with Crippen LogP contribution in [0.2, 0.25) is 0 Å². The van der Waals surface area contributed by atoms with E-state index in [4.69, 9.17) is 0 Å². The normalized spacial score (nSPS) is 14.4. The Kier molecular flexibility index (Phi) is 7.34. The minimum absolute atomic E-state index is 0.132. The number of benzene rings is 5. The summed E-state index contributed by atoms with van der Waals surface area (Å²) in [6, 6.07) is 49.4. The Hall–Kier alpha value is -3.90. The molecule has 0 aromatic heterocycles. The molecule has 0 N–H and O–H groups in total. The maximum atomic E-state index is 2.39. The summed E-state index contributed by atoms with van der Waals surface area (Å²) in [6.45, 7) is 9.10. The van der Waals surface area contributed by atoms with E-state index in [1.54, 1.807) is 0 Å². The second-order valence-corrected chi connectivity index (χ2v) is 11.3. The Balaban J connectivity index is 1.57. The summed E-state index contributed by atoms with van der Waals surface area (Å²) in [5.41, 5.74) is 10.4. The molecule has 38 heavy (non-hydrogen) atoms. The van der Waals surface area contributed by atoms with Gasteiger partial charge >= 0.3 is 0 Å². The van der Waals surface area contributed by atoms with Gasteiger partial charge in [-0.1, -0.05) is 158 Å². The van der Waals surface area contributed by atoms with E-state index in [1.165, 1.54) is 44.5 Å². The minimum atomic E-state index is -0.132. The Bertz CT molecular complexity index is 1330. The van der Waals surface area contributed by atoms with Crippen molar-refractivity contribution >= 4 is 0 Å². The van der Waals surface area contributed by atoms with Crippen LogP contribution in [0.5, 0.6) is 0 Å². The third kappa shape index (κ3) is 5.36. The lowest BCUT2D eigenvalue weighted by atomic mass is 9.69. The van der Waals surface area contributed by atoms with E-state index in [0.29, 0.717) is 0 Å². The molecule has 0 radical (unpaired) electrons. The first-order valence-corrected chi connectivity index (χ1v) is 13.7. The van der Waals surface area contributed by atoms with Gasteiger partial charge in [0.05, 0.1) is 0 Å². The Morgan fingerprint density at radius 2 is 0.632 bits per heavy atom. The van der Waals surface area contributed by atoms with Gasteiger partial charge in [-0.15, -0.1) is 0 Å². The molecule has 0 heterocycles. The van der Waals surface area contributed by atoms with E-state index < -0.39 is 0 Å². The Labute approximate surface area is 229 Å². The fourth-order valence-electron chi connectivity index (χ4n) is 5.80. The van der Waals surface area contributed by atoms with E-state index >= 15 is 0 Å². The molecule has 2 unspecified atom stereocenters. The zero-order valence-corrected chi connectivity index (χ0v) is 23.1. The van der Waals surface area contributed by atoms with Crippen molar-refractivity contribution in [2.75, 3.05) is 0 Å². The minimum Gasteiger partial charge on any atom is -0.0622 e. The Morgan fingerprint density at radius 1 is 0.368 bits per heavy atom. The van der Waals surface area contributed by atoms with Gasteiger partial charge in [-0.2, -0.15) is 0 Å². The average Bonchev–Trinajstić information content (AvgIpc) is 2.95. The highest BCUT2D eigenvalue weighted by atomic mass is 14.4. The highest BCUT2D eigenvalue weighted by Crippen LogP contribution is 2.40. The van der Waals surface area contributed by atoms with Crippen LogP contribution in [-0.2, 0) is 23.7 Å². The van der Waals surface area contributed by atoms with Gasteiger partial charge < -0.3 is 0 Å². The van der Waals surface area contributed by atoms with Crippen molar-refractivity contribution < 1.29 is 0 Å². The summed E-state index contributed by atoms with van der Waals surface area (Å²) in [5.74, 6) is 0. The number of hydrogen-bond acceptors (Lipinski definition) is 0. The van der Waals surface area contributed by atoms with Crippen LogP contribution in [0.15, 0.2) is 133 Å². The summed E-state index contributed by atoms with van der Waals surface area (Å²) in [6.07, 6.45) is 1.91. The van der Waals surface area contributed by atoms with Gasteiger partial charge in [0.25, 0.3) is 0 Å². The fraction of sp³-hybridized carbons (Fsp3) is 0.211. The molecule has 0 saturated carbocycles. The van der Waals surface area contributed by atoms with Crippen LogP contribution in [0.3, 0.4) is 0 Å². The molecule has 0 fully saturated rings. The van der Waals surface area contributed by atoms with Crippen LogP contribution >= 0.6 is 0 Å². The topological polar surface area (TPSA) is 0 Å². The molecule has 190 valence electrons. The van der Waals surface area contributed by atoms with Gasteiger partial charge in [-0.05, 0) is 60.1 Å². The van der Waals surface area contributed by atoms with Crippen molar-refractivity contribution in [2.45, 2.75) is 51.4 Å². The average molecular weight is 495 g/mol. The molecule has 0 heteroatoms. The zero-order chi connectivity index (χ0) is 26.6. The van der Waals surface area contributed by atoms with E-state index in [1.807, 2.05) is 0 Å². The fourth-order valence-corrected chi connectivity index (χ4v) is 5.80. The lowest BCUT2D eigenvalue weighted by Crippen LogP contribution is -2.29. The molecule has 2 atom stereocenters. The highest BCUT2D eigenvalue weighted by molar-refractivity contribution is 5.47. The molecule has 0 bridgehead atoms. The van der Waals surface area contributed by atoms with E-state index in [-0.39, 0.29) is 10.8 Å². The van der Waals surface area contributed by atoms with Crippen LogP contribution in [0.25, 0.3) is 0 Å². The molecule has 0 spiro atoms. The molecule has 0 amide bonds. The second kappa shape index (κ2) is 10.8. The van der Waals surface area contributed by atoms with Crippen LogP contribution < -0.4 is 0 Å². The van der Waals surface area contributed by atoms with E-state index in [0.717, 1.165) is 12.8 Å². The largest absolute Gasteiger partial charge is 0.0622 e. The monoisotopic (exact) mass is 494 g/mol. The van der Waals surface area contributed by atoms with Crippen molar-refractivity contribution in [1.29, 1.82) is 0 Å². The van der Waals surface area contributed by atoms with Crippen LogP contribution in [0, 0.1) is 13.8 Å². The molecule has 0 nitrogen and oxygen atoms in total. The van der Waals surface area contributed by atoms with Gasteiger partial charge in [-0.3, -0.25) is 0 Å². The van der Waals surface area contributed by atoms with E-state index in [9.17, 15) is 0 Å². The smallest absolute Gasteiger partial charge is 0.0215 e. The highest BCUT2D eigenvalue weighted by Gasteiger charge is 2.32. The van der Waals surface area contributed by atoms with Crippen molar-refractivity contribution in [3.05, 3.63) is 178 Å². The maximum Gasteiger partial charge on any atom is 0.0215 e. The predicted octanol–water partition coefficient (Wildman–Crippen LogP) is 9.40. The summed E-state index contributed by atoms with van der Waals surface area (Å²) < 4.78 is 0. The first kappa shape index (κ1) is 25.7. The maximum absolute atomic E-state index is 2.39. The standard InChI is InChI=1S/C38H38/c1-29-15-19-33(20-16-29)37(3,27-31-11-7-5-8-12-31)35-23-25-36(26-24-35)38(4,28-32-13-9-6-10-14-32)34-21-17-30(2)18-22-34/h5-26H,27-28H2,1-4H3. The molecule has 5 aromatic carbocycles. The van der Waals surface area contributed by atoms with Crippen molar-refractivity contribution in [3.63, 3.8) is 0 Å². The third-order valence-corrected chi connectivity index (χ3v) is 8.34. The molecular formula is C38H38. The van der Waals surface area contributed by atoms with Gasteiger partial charge in [0.15, 0.2) is 0 Å². The molecule has 5 aromatic rings. The van der Waals surface area contributed by atoms with Gasteiger partial charge in [0.2, 0.25) is 0 Å². The quantitative estimate of drug-likeness (QED) is 0.201. The SMILES string of the molecule is Cc1ccc(C(C)(Cc2ccccc2)c2ccc(C(C)(Cc3ccccc3)c3ccc(C)cc3)cc2)cc1. The summed E-state index contributed by atoms with van der Waals surface area (Å²) in [7, 11) is 0. The van der Waals surface area contributed by atoms with E-state index in [2.05, 4.69) is 161 Å². The summed E-state index contributed by atoms with van der Waals surface area (Å²) >= 11 is 0. The third-order valence-electron chi connectivity index (χ3n) is 8.34. The molecule has 0 aliphatic rings. The van der Waals surface area contributed by atoms with Crippen LogP contribution in [0.4, 0.5) is 0 Å². The van der Waals surface area contributed by atoms with Crippen molar-refractivity contribution in [1.82, 2.24) is 0 Å². The van der Waals surface area contributed by atoms with Crippen LogP contribution in [-0.4, -0.2) is 0 Å². The number of hydrogen-bond donors (Lipinski definition) is 0. The van der Waals surface area contributed by atoms with Gasteiger partial charge in [0.1, 0.15) is 0 Å². The van der Waals surface area contributed by atoms with Gasteiger partial charge in [-0.25, -0.2) is 0 Å². The molecular weight excluding hydrogens is 456 g/mol. The lowest BCUT2D eigenvalue weighted by Gasteiger charge is -2.34. The number of rotatable bonds is 8. The van der Waals surface area contributed by atoms with Crippen LogP contribution in [0.1, 0.15) is 58.4 Å². The lowest BCUT2D eigenvalue weighted by molar-refractivity contribution is 0.555. The molecule has 0 saturated heterocycles. The summed E-state index contributed by atoms with van der Waals surface area (Å²) in [5, 5.41) is 0. The van der Waals surface area contributed by atoms with Crippen molar-refractivity contribution in [2.24, 2.45) is 0 Å². The molecule has 0 aliphatic carbocycles. The second-order valence-electron chi connectivity index (χ2n) is 11.3.